The zero-order chi connectivity index (χ0) is 21.0. The summed E-state index contributed by atoms with van der Waals surface area (Å²) in [6.45, 7) is 1.16. The van der Waals surface area contributed by atoms with Crippen LogP contribution in [0.15, 0.2) is 30.3 Å². The molecule has 2 aromatic rings. The summed E-state index contributed by atoms with van der Waals surface area (Å²) < 4.78 is 27.4. The molecule has 6 nitrogen and oxygen atoms in total. The molecule has 0 aliphatic heterocycles. The van der Waals surface area contributed by atoms with Crippen LogP contribution in [0.1, 0.15) is 22.6 Å². The largest absolute Gasteiger partial charge is 0.507 e. The van der Waals surface area contributed by atoms with Crippen molar-refractivity contribution in [3.05, 3.63) is 47.0 Å². The molecule has 1 N–H and O–H groups in total. The van der Waals surface area contributed by atoms with Gasteiger partial charge in [0, 0.05) is 38.4 Å². The summed E-state index contributed by atoms with van der Waals surface area (Å²) in [5.74, 6) is 2.49. The van der Waals surface area contributed by atoms with Gasteiger partial charge in [0.25, 0.3) is 0 Å². The maximum Gasteiger partial charge on any atom is 0.161 e. The molecule has 3 atom stereocenters. The molecule has 0 bridgehead atoms. The van der Waals surface area contributed by atoms with E-state index >= 15 is 0 Å². The summed E-state index contributed by atoms with van der Waals surface area (Å²) >= 11 is 0. The van der Waals surface area contributed by atoms with E-state index in [1.165, 1.54) is 0 Å². The van der Waals surface area contributed by atoms with E-state index in [2.05, 4.69) is 0 Å². The van der Waals surface area contributed by atoms with Gasteiger partial charge in [-0.15, -0.1) is 0 Å². The van der Waals surface area contributed by atoms with Crippen LogP contribution in [0.3, 0.4) is 0 Å². The Labute approximate surface area is 172 Å². The van der Waals surface area contributed by atoms with E-state index in [9.17, 15) is 5.11 Å². The lowest BCUT2D eigenvalue weighted by atomic mass is 9.66. The topological polar surface area (TPSA) is 66.4 Å². The summed E-state index contributed by atoms with van der Waals surface area (Å²) in [4.78, 5) is 0. The van der Waals surface area contributed by atoms with E-state index in [0.717, 1.165) is 23.1 Å². The Balaban J connectivity index is 2.20. The van der Waals surface area contributed by atoms with E-state index in [4.69, 9.17) is 23.7 Å². The van der Waals surface area contributed by atoms with Crippen molar-refractivity contribution in [3.63, 3.8) is 0 Å². The third-order valence-corrected chi connectivity index (χ3v) is 5.79. The lowest BCUT2D eigenvalue weighted by molar-refractivity contribution is 0.0561. The Morgan fingerprint density at radius 1 is 0.862 bits per heavy atom. The quantitative estimate of drug-likeness (QED) is 0.727. The van der Waals surface area contributed by atoms with Gasteiger partial charge >= 0.3 is 0 Å². The number of hydrogen-bond donors (Lipinski definition) is 1. The molecule has 1 aliphatic rings. The molecule has 0 unspecified atom stereocenters. The molecule has 0 saturated carbocycles. The van der Waals surface area contributed by atoms with Gasteiger partial charge in [0.1, 0.15) is 11.5 Å². The summed E-state index contributed by atoms with van der Waals surface area (Å²) in [5.41, 5.74) is 3.01. The molecule has 3 rings (SSSR count). The minimum atomic E-state index is -0.0791. The minimum absolute atomic E-state index is 0.0791. The second-order valence-electron chi connectivity index (χ2n) is 7.35. The van der Waals surface area contributed by atoms with Gasteiger partial charge in [-0.25, -0.2) is 0 Å². The lowest BCUT2D eigenvalue weighted by Gasteiger charge is -2.40. The van der Waals surface area contributed by atoms with Gasteiger partial charge in [0.15, 0.2) is 11.5 Å². The first-order chi connectivity index (χ1) is 14.1. The molecule has 29 heavy (non-hydrogen) atoms. The number of aromatic hydroxyl groups is 1. The summed E-state index contributed by atoms with van der Waals surface area (Å²) in [7, 11) is 8.27. The first-order valence-electron chi connectivity index (χ1n) is 9.67. The van der Waals surface area contributed by atoms with Crippen LogP contribution in [0.5, 0.6) is 23.0 Å². The minimum Gasteiger partial charge on any atom is -0.507 e. The predicted octanol–water partition coefficient (Wildman–Crippen LogP) is 3.63. The van der Waals surface area contributed by atoms with Gasteiger partial charge in [-0.1, -0.05) is 6.07 Å². The van der Waals surface area contributed by atoms with Gasteiger partial charge in [0.2, 0.25) is 0 Å². The van der Waals surface area contributed by atoms with Crippen LogP contribution >= 0.6 is 0 Å². The normalized spacial score (nSPS) is 20.8. The molecule has 0 radical (unpaired) electrons. The Kier molecular flexibility index (Phi) is 6.87. The fraction of sp³-hybridized carbons (Fsp3) is 0.478. The van der Waals surface area contributed by atoms with Crippen LogP contribution in [-0.2, 0) is 15.9 Å². The van der Waals surface area contributed by atoms with Crippen molar-refractivity contribution >= 4 is 0 Å². The van der Waals surface area contributed by atoms with Gasteiger partial charge < -0.3 is 28.8 Å². The van der Waals surface area contributed by atoms with E-state index < -0.39 is 0 Å². The van der Waals surface area contributed by atoms with Crippen molar-refractivity contribution in [2.75, 3.05) is 48.8 Å². The molecule has 0 fully saturated rings. The molecule has 0 heterocycles. The van der Waals surface area contributed by atoms with E-state index in [0.29, 0.717) is 30.5 Å². The summed E-state index contributed by atoms with van der Waals surface area (Å²) in [6, 6.07) is 9.59. The molecule has 158 valence electrons. The Morgan fingerprint density at radius 3 is 2.21 bits per heavy atom. The fourth-order valence-electron chi connectivity index (χ4n) is 4.52. The summed E-state index contributed by atoms with van der Waals surface area (Å²) in [5, 5.41) is 10.9. The van der Waals surface area contributed by atoms with Crippen LogP contribution < -0.4 is 14.2 Å². The van der Waals surface area contributed by atoms with Crippen molar-refractivity contribution in [2.24, 2.45) is 11.8 Å². The smallest absolute Gasteiger partial charge is 0.161 e. The van der Waals surface area contributed by atoms with Gasteiger partial charge in [-0.2, -0.15) is 0 Å². The fourth-order valence-corrected chi connectivity index (χ4v) is 4.52. The van der Waals surface area contributed by atoms with Crippen LogP contribution in [0.25, 0.3) is 0 Å². The Bertz CT molecular complexity index is 834. The molecule has 0 amide bonds. The van der Waals surface area contributed by atoms with Crippen molar-refractivity contribution in [1.82, 2.24) is 0 Å². The van der Waals surface area contributed by atoms with Crippen LogP contribution in [0, 0.1) is 11.8 Å². The van der Waals surface area contributed by atoms with E-state index in [1.54, 1.807) is 41.6 Å². The number of phenolic OH excluding ortho intramolecular Hbond substituents is 1. The number of phenols is 1. The number of fused-ring (bicyclic) bond motifs is 1. The molecule has 6 heteroatoms. The van der Waals surface area contributed by atoms with E-state index in [1.807, 2.05) is 24.3 Å². The highest BCUT2D eigenvalue weighted by Gasteiger charge is 2.40. The average Bonchev–Trinajstić information content (AvgIpc) is 2.73. The van der Waals surface area contributed by atoms with Crippen LogP contribution in [-0.4, -0.2) is 53.9 Å². The zero-order valence-electron chi connectivity index (χ0n) is 17.7. The number of benzene rings is 2. The van der Waals surface area contributed by atoms with Crippen molar-refractivity contribution < 1.29 is 28.8 Å². The zero-order valence-corrected chi connectivity index (χ0v) is 17.7. The van der Waals surface area contributed by atoms with Gasteiger partial charge in [-0.3, -0.25) is 0 Å². The third kappa shape index (κ3) is 4.14. The predicted molar refractivity (Wildman–Crippen MR) is 110 cm³/mol. The first-order valence-corrected chi connectivity index (χ1v) is 9.67. The molecule has 0 aromatic heterocycles. The number of hydrogen-bond acceptors (Lipinski definition) is 6. The molecule has 0 saturated heterocycles. The third-order valence-electron chi connectivity index (χ3n) is 5.79. The maximum absolute atomic E-state index is 10.9. The van der Waals surface area contributed by atoms with E-state index in [-0.39, 0.29) is 23.5 Å². The maximum atomic E-state index is 10.9. The van der Waals surface area contributed by atoms with Crippen molar-refractivity contribution in [1.29, 1.82) is 0 Å². The van der Waals surface area contributed by atoms with Crippen molar-refractivity contribution in [2.45, 2.75) is 12.3 Å². The monoisotopic (exact) mass is 402 g/mol. The SMILES string of the molecule is COC[C@H]1Cc2cc(OC)cc(O)c2[C@@H](c2ccc(OC)c(OC)c2)[C@@H]1COC. The Morgan fingerprint density at radius 2 is 1.59 bits per heavy atom. The first kappa shape index (κ1) is 21.3. The number of rotatable bonds is 8. The van der Waals surface area contributed by atoms with Crippen molar-refractivity contribution in [3.8, 4) is 23.0 Å². The second kappa shape index (κ2) is 9.37. The summed E-state index contributed by atoms with van der Waals surface area (Å²) in [6.07, 6.45) is 0.783. The standard InChI is InChI=1S/C23H30O6/c1-25-12-16-8-15-9-17(27-3)11-19(24)23(15)22(18(16)13-26-2)14-6-7-20(28-4)21(10-14)29-5/h6-7,9-11,16,18,22,24H,8,12-13H2,1-5H3/t16-,18-,22+/m1/s1. The van der Waals surface area contributed by atoms with Crippen LogP contribution in [0.4, 0.5) is 0 Å². The second-order valence-corrected chi connectivity index (χ2v) is 7.35. The highest BCUT2D eigenvalue weighted by molar-refractivity contribution is 5.55. The van der Waals surface area contributed by atoms with Crippen LogP contribution in [0.2, 0.25) is 0 Å². The highest BCUT2D eigenvalue weighted by atomic mass is 16.5. The highest BCUT2D eigenvalue weighted by Crippen LogP contribution is 2.49. The van der Waals surface area contributed by atoms with Gasteiger partial charge in [-0.05, 0) is 47.6 Å². The molecule has 0 spiro atoms. The lowest BCUT2D eigenvalue weighted by Crippen LogP contribution is -2.36. The molecule has 1 aliphatic carbocycles. The van der Waals surface area contributed by atoms with Gasteiger partial charge in [0.05, 0.1) is 27.9 Å². The molecular weight excluding hydrogens is 372 g/mol. The number of ether oxygens (including phenoxy) is 5. The molecular formula is C23H30O6. The molecule has 2 aromatic carbocycles. The average molecular weight is 402 g/mol. The number of methoxy groups -OCH3 is 5. The Hall–Kier alpha value is -2.44.